The minimum absolute atomic E-state index is 0.0187. The van der Waals surface area contributed by atoms with Gasteiger partial charge >= 0.3 is 0 Å². The molecule has 0 bridgehead atoms. The summed E-state index contributed by atoms with van der Waals surface area (Å²) in [4.78, 5) is 29.1. The maximum absolute atomic E-state index is 14.3. The standard InChI is InChI=1S/C33H43N3O6S/c1-7-9-20-34-33(38)29(8-2)35(22-26-14-10-24(3)11-15-26)32(37)23-36(30-21-27(41-5)16-19-31(30)42-6)43(39,40)28-17-12-25(4)13-18-28/h10-19,21,29H,7-9,20,22-23H2,1-6H3,(H,34,38)/t29-/m0/s1. The van der Waals surface area contributed by atoms with Gasteiger partial charge < -0.3 is 19.7 Å². The van der Waals surface area contributed by atoms with E-state index in [9.17, 15) is 18.0 Å². The molecule has 43 heavy (non-hydrogen) atoms. The van der Waals surface area contributed by atoms with Gasteiger partial charge in [-0.3, -0.25) is 13.9 Å². The van der Waals surface area contributed by atoms with E-state index in [0.29, 0.717) is 18.7 Å². The van der Waals surface area contributed by atoms with E-state index in [-0.39, 0.29) is 28.8 Å². The van der Waals surface area contributed by atoms with Crippen LogP contribution in [0.3, 0.4) is 0 Å². The SMILES string of the molecule is CCCCNC(=O)[C@H](CC)N(Cc1ccc(C)cc1)C(=O)CN(c1cc(OC)ccc1OC)S(=O)(=O)c1ccc(C)cc1. The number of hydrogen-bond donors (Lipinski definition) is 1. The number of unbranched alkanes of at least 4 members (excludes halogenated alkanes) is 1. The zero-order valence-electron chi connectivity index (χ0n) is 25.9. The molecule has 3 rings (SSSR count). The van der Waals surface area contributed by atoms with Crippen LogP contribution >= 0.6 is 0 Å². The molecule has 3 aromatic rings. The van der Waals surface area contributed by atoms with Crippen molar-refractivity contribution in [2.24, 2.45) is 0 Å². The lowest BCUT2D eigenvalue weighted by atomic mass is 10.1. The Kier molecular flexibility index (Phi) is 12.0. The molecule has 0 radical (unpaired) electrons. The van der Waals surface area contributed by atoms with Gasteiger partial charge in [-0.25, -0.2) is 8.42 Å². The summed E-state index contributed by atoms with van der Waals surface area (Å²) in [5.74, 6) is -0.161. The predicted octanol–water partition coefficient (Wildman–Crippen LogP) is 5.24. The fourth-order valence-electron chi connectivity index (χ4n) is 4.66. The molecule has 2 amide bonds. The third-order valence-corrected chi connectivity index (χ3v) is 9.01. The quantitative estimate of drug-likeness (QED) is 0.236. The molecule has 0 aromatic heterocycles. The molecule has 1 atom stereocenters. The fourth-order valence-corrected chi connectivity index (χ4v) is 6.07. The van der Waals surface area contributed by atoms with Crippen LogP contribution in [0.25, 0.3) is 0 Å². The molecule has 0 heterocycles. The van der Waals surface area contributed by atoms with Crippen LogP contribution in [0.15, 0.2) is 71.6 Å². The largest absolute Gasteiger partial charge is 0.497 e. The van der Waals surface area contributed by atoms with Gasteiger partial charge in [-0.05, 0) is 56.5 Å². The second-order valence-electron chi connectivity index (χ2n) is 10.4. The summed E-state index contributed by atoms with van der Waals surface area (Å²) in [6.45, 7) is 7.77. The topological polar surface area (TPSA) is 105 Å². The molecule has 0 aliphatic heterocycles. The van der Waals surface area contributed by atoms with E-state index >= 15 is 0 Å². The number of nitrogens with one attached hydrogen (secondary N) is 1. The van der Waals surface area contributed by atoms with E-state index in [1.807, 2.05) is 52.0 Å². The number of sulfonamides is 1. The van der Waals surface area contributed by atoms with E-state index in [4.69, 9.17) is 9.47 Å². The number of hydrogen-bond acceptors (Lipinski definition) is 6. The van der Waals surface area contributed by atoms with E-state index < -0.39 is 28.5 Å². The van der Waals surface area contributed by atoms with Gasteiger partial charge in [0.05, 0.1) is 24.8 Å². The molecule has 0 unspecified atom stereocenters. The Bertz CT molecular complexity index is 1470. The molecule has 0 spiro atoms. The van der Waals surface area contributed by atoms with Gasteiger partial charge in [0.1, 0.15) is 24.1 Å². The van der Waals surface area contributed by atoms with Crippen LogP contribution in [-0.4, -0.2) is 58.5 Å². The molecule has 0 aliphatic carbocycles. The lowest BCUT2D eigenvalue weighted by Crippen LogP contribution is -2.52. The maximum atomic E-state index is 14.3. The first kappa shape index (κ1) is 33.5. The lowest BCUT2D eigenvalue weighted by molar-refractivity contribution is -0.140. The summed E-state index contributed by atoms with van der Waals surface area (Å²) >= 11 is 0. The number of methoxy groups -OCH3 is 2. The average Bonchev–Trinajstić information content (AvgIpc) is 3.00. The molecule has 0 saturated carbocycles. The number of nitrogens with zero attached hydrogens (tertiary/aromatic N) is 2. The monoisotopic (exact) mass is 609 g/mol. The van der Waals surface area contributed by atoms with Crippen LogP contribution in [0.2, 0.25) is 0 Å². The Morgan fingerprint density at radius 1 is 0.884 bits per heavy atom. The molecule has 9 nitrogen and oxygen atoms in total. The van der Waals surface area contributed by atoms with Crippen molar-refractivity contribution in [3.05, 3.63) is 83.4 Å². The third kappa shape index (κ3) is 8.50. The number of carbonyl (C=O) groups excluding carboxylic acids is 2. The Hall–Kier alpha value is -4.05. The number of rotatable bonds is 15. The summed E-state index contributed by atoms with van der Waals surface area (Å²) in [5.41, 5.74) is 2.92. The second-order valence-corrected chi connectivity index (χ2v) is 12.3. The Morgan fingerprint density at radius 2 is 1.51 bits per heavy atom. The molecule has 0 aliphatic rings. The fraction of sp³-hybridized carbons (Fsp3) is 0.394. The van der Waals surface area contributed by atoms with Crippen LogP contribution in [0.4, 0.5) is 5.69 Å². The Balaban J connectivity index is 2.12. The van der Waals surface area contributed by atoms with Gasteiger partial charge in [0.25, 0.3) is 10.0 Å². The number of aryl methyl sites for hydroxylation is 2. The van der Waals surface area contributed by atoms with Crippen molar-refractivity contribution < 1.29 is 27.5 Å². The summed E-state index contributed by atoms with van der Waals surface area (Å²) in [6.07, 6.45) is 2.08. The van der Waals surface area contributed by atoms with Crippen LogP contribution < -0.4 is 19.1 Å². The zero-order valence-corrected chi connectivity index (χ0v) is 26.7. The van der Waals surface area contributed by atoms with Crippen molar-refractivity contribution in [3.8, 4) is 11.5 Å². The van der Waals surface area contributed by atoms with Crippen LogP contribution in [0.5, 0.6) is 11.5 Å². The number of benzene rings is 3. The first-order valence-electron chi connectivity index (χ1n) is 14.5. The first-order valence-corrected chi connectivity index (χ1v) is 15.9. The van der Waals surface area contributed by atoms with Crippen molar-refractivity contribution in [2.75, 3.05) is 31.6 Å². The summed E-state index contributed by atoms with van der Waals surface area (Å²) in [5, 5.41) is 2.94. The number of anilines is 1. The number of carbonyl (C=O) groups is 2. The Labute approximate surface area is 255 Å². The Morgan fingerprint density at radius 3 is 2.07 bits per heavy atom. The van der Waals surface area contributed by atoms with E-state index in [1.54, 1.807) is 24.3 Å². The van der Waals surface area contributed by atoms with Gasteiger partial charge in [-0.15, -0.1) is 0 Å². The average molecular weight is 610 g/mol. The van der Waals surface area contributed by atoms with Gasteiger partial charge in [-0.2, -0.15) is 0 Å². The van der Waals surface area contributed by atoms with E-state index in [0.717, 1.165) is 33.8 Å². The highest BCUT2D eigenvalue weighted by molar-refractivity contribution is 7.92. The maximum Gasteiger partial charge on any atom is 0.264 e. The minimum atomic E-state index is -4.26. The molecule has 0 fully saturated rings. The van der Waals surface area contributed by atoms with Crippen molar-refractivity contribution >= 4 is 27.5 Å². The molecule has 232 valence electrons. The smallest absolute Gasteiger partial charge is 0.264 e. The zero-order chi connectivity index (χ0) is 31.6. The van der Waals surface area contributed by atoms with E-state index in [2.05, 4.69) is 5.32 Å². The van der Waals surface area contributed by atoms with Crippen LogP contribution in [0, 0.1) is 13.8 Å². The van der Waals surface area contributed by atoms with Crippen LogP contribution in [-0.2, 0) is 26.2 Å². The first-order chi connectivity index (χ1) is 20.5. The minimum Gasteiger partial charge on any atom is -0.497 e. The predicted molar refractivity (Wildman–Crippen MR) is 169 cm³/mol. The summed E-state index contributed by atoms with van der Waals surface area (Å²) in [7, 11) is -1.35. The normalized spacial score (nSPS) is 11.9. The lowest BCUT2D eigenvalue weighted by Gasteiger charge is -2.33. The molecule has 10 heteroatoms. The van der Waals surface area contributed by atoms with Gasteiger partial charge in [-0.1, -0.05) is 67.8 Å². The van der Waals surface area contributed by atoms with Crippen molar-refractivity contribution in [2.45, 2.75) is 64.4 Å². The molecule has 3 aromatic carbocycles. The molecule has 1 N–H and O–H groups in total. The highest BCUT2D eigenvalue weighted by atomic mass is 32.2. The van der Waals surface area contributed by atoms with Gasteiger partial charge in [0.2, 0.25) is 11.8 Å². The van der Waals surface area contributed by atoms with Crippen molar-refractivity contribution in [3.63, 3.8) is 0 Å². The van der Waals surface area contributed by atoms with Gasteiger partial charge in [0, 0.05) is 19.2 Å². The van der Waals surface area contributed by atoms with E-state index in [1.165, 1.54) is 37.3 Å². The second kappa shape index (κ2) is 15.4. The molecular formula is C33H43N3O6S. The third-order valence-electron chi connectivity index (χ3n) is 7.23. The summed E-state index contributed by atoms with van der Waals surface area (Å²) < 4.78 is 40.3. The van der Waals surface area contributed by atoms with Crippen LogP contribution in [0.1, 0.15) is 49.8 Å². The highest BCUT2D eigenvalue weighted by Crippen LogP contribution is 2.36. The number of ether oxygens (including phenoxy) is 2. The molecular weight excluding hydrogens is 566 g/mol. The summed E-state index contributed by atoms with van der Waals surface area (Å²) in [6, 6.07) is 18.1. The van der Waals surface area contributed by atoms with Gasteiger partial charge in [0.15, 0.2) is 0 Å². The number of amides is 2. The highest BCUT2D eigenvalue weighted by Gasteiger charge is 2.35. The molecule has 0 saturated heterocycles. The van der Waals surface area contributed by atoms with Crippen molar-refractivity contribution in [1.29, 1.82) is 0 Å². The van der Waals surface area contributed by atoms with Crippen molar-refractivity contribution in [1.82, 2.24) is 10.2 Å².